The zero-order valence-corrected chi connectivity index (χ0v) is 18.0. The molecule has 4 unspecified atom stereocenters. The maximum Gasteiger partial charge on any atom is 0.309 e. The van der Waals surface area contributed by atoms with Gasteiger partial charge in [-0.3, -0.25) is 14.4 Å². The molecule has 2 spiro atoms. The van der Waals surface area contributed by atoms with E-state index in [1.165, 1.54) is 7.11 Å². The summed E-state index contributed by atoms with van der Waals surface area (Å²) >= 11 is 0. The number of ketones is 1. The molecule has 0 aromatic heterocycles. The van der Waals surface area contributed by atoms with Crippen LogP contribution < -0.4 is 0 Å². The van der Waals surface area contributed by atoms with Crippen molar-refractivity contribution in [2.24, 2.45) is 28.6 Å². The molecule has 0 aromatic carbocycles. The molecule has 6 heteroatoms. The number of carbonyl (C=O) groups is 3. The van der Waals surface area contributed by atoms with Crippen molar-refractivity contribution in [2.45, 2.75) is 82.5 Å². The van der Waals surface area contributed by atoms with Gasteiger partial charge in [-0.25, -0.2) is 0 Å². The molecule has 6 aliphatic rings. The molecule has 8 atom stereocenters. The Kier molecular flexibility index (Phi) is 3.53. The summed E-state index contributed by atoms with van der Waals surface area (Å²) in [5.74, 6) is -0.201. The minimum Gasteiger partial charge on any atom is -0.469 e. The summed E-state index contributed by atoms with van der Waals surface area (Å²) in [6.45, 7) is 4.51. The molecular formula is C24H30O6. The van der Waals surface area contributed by atoms with Crippen molar-refractivity contribution >= 4 is 17.7 Å². The lowest BCUT2D eigenvalue weighted by molar-refractivity contribution is -0.172. The van der Waals surface area contributed by atoms with Gasteiger partial charge >= 0.3 is 11.9 Å². The van der Waals surface area contributed by atoms with E-state index in [4.69, 9.17) is 14.2 Å². The van der Waals surface area contributed by atoms with Crippen molar-refractivity contribution in [1.29, 1.82) is 0 Å². The molecule has 5 fully saturated rings. The lowest BCUT2D eigenvalue weighted by atomic mass is 9.43. The van der Waals surface area contributed by atoms with Gasteiger partial charge in [-0.1, -0.05) is 19.4 Å². The van der Waals surface area contributed by atoms with Gasteiger partial charge in [0.1, 0.15) is 11.2 Å². The van der Waals surface area contributed by atoms with Crippen LogP contribution in [0.3, 0.4) is 0 Å². The molecule has 30 heavy (non-hydrogen) atoms. The Bertz CT molecular complexity index is 907. The van der Waals surface area contributed by atoms with E-state index in [0.717, 1.165) is 37.7 Å². The molecular weight excluding hydrogens is 384 g/mol. The smallest absolute Gasteiger partial charge is 0.309 e. The Morgan fingerprint density at radius 3 is 2.67 bits per heavy atom. The first-order valence-electron chi connectivity index (χ1n) is 11.4. The highest BCUT2D eigenvalue weighted by atomic mass is 16.6. The van der Waals surface area contributed by atoms with E-state index >= 15 is 0 Å². The van der Waals surface area contributed by atoms with Gasteiger partial charge in [-0.05, 0) is 50.5 Å². The molecule has 0 N–H and O–H groups in total. The van der Waals surface area contributed by atoms with E-state index in [1.807, 2.05) is 0 Å². The maximum atomic E-state index is 13.0. The van der Waals surface area contributed by atoms with Gasteiger partial charge < -0.3 is 14.2 Å². The van der Waals surface area contributed by atoms with Gasteiger partial charge in [0.2, 0.25) is 0 Å². The minimum absolute atomic E-state index is 0.0303. The van der Waals surface area contributed by atoms with Crippen LogP contribution >= 0.6 is 0 Å². The summed E-state index contributed by atoms with van der Waals surface area (Å²) in [4.78, 5) is 37.4. The third kappa shape index (κ3) is 1.94. The molecule has 2 heterocycles. The first-order chi connectivity index (χ1) is 14.2. The van der Waals surface area contributed by atoms with Gasteiger partial charge in [0.15, 0.2) is 5.78 Å². The molecule has 6 nitrogen and oxygen atoms in total. The summed E-state index contributed by atoms with van der Waals surface area (Å²) in [6, 6.07) is 0. The van der Waals surface area contributed by atoms with Crippen LogP contribution in [-0.4, -0.2) is 42.1 Å². The predicted octanol–water partition coefficient (Wildman–Crippen LogP) is 3.12. The van der Waals surface area contributed by atoms with E-state index in [9.17, 15) is 14.4 Å². The normalized spacial score (nSPS) is 53.2. The highest BCUT2D eigenvalue weighted by Crippen LogP contribution is 2.78. The quantitative estimate of drug-likeness (QED) is 0.484. The van der Waals surface area contributed by atoms with Gasteiger partial charge in [0.05, 0.1) is 19.1 Å². The predicted molar refractivity (Wildman–Crippen MR) is 105 cm³/mol. The third-order valence-corrected chi connectivity index (χ3v) is 10.2. The zero-order chi connectivity index (χ0) is 21.1. The molecule has 0 radical (unpaired) electrons. The lowest BCUT2D eigenvalue weighted by Gasteiger charge is -2.58. The largest absolute Gasteiger partial charge is 0.469 e. The van der Waals surface area contributed by atoms with Crippen molar-refractivity contribution < 1.29 is 28.6 Å². The molecule has 2 saturated heterocycles. The SMILES string of the molecule is COC(=O)[C@@H]1CC2=CC(=O)CCC2(C)[C@@]23O[C@@H]2CC2(C)C(CC[C@@]24CCC(=O)O4)C13. The Morgan fingerprint density at radius 1 is 1.17 bits per heavy atom. The van der Waals surface area contributed by atoms with Crippen LogP contribution in [0.2, 0.25) is 0 Å². The maximum absolute atomic E-state index is 13.0. The topological polar surface area (TPSA) is 82.2 Å². The number of epoxide rings is 1. The Balaban J connectivity index is 1.49. The van der Waals surface area contributed by atoms with Crippen LogP contribution in [0.15, 0.2) is 11.6 Å². The molecule has 0 bridgehead atoms. The molecule has 2 aliphatic heterocycles. The second-order valence-electron chi connectivity index (χ2n) is 11.0. The Labute approximate surface area is 176 Å². The van der Waals surface area contributed by atoms with E-state index in [1.54, 1.807) is 6.08 Å². The molecule has 0 aromatic rings. The van der Waals surface area contributed by atoms with Gasteiger partial charge in [0.25, 0.3) is 0 Å². The van der Waals surface area contributed by atoms with Crippen LogP contribution in [-0.2, 0) is 28.6 Å². The van der Waals surface area contributed by atoms with Gasteiger partial charge in [-0.2, -0.15) is 0 Å². The average molecular weight is 414 g/mol. The first-order valence-corrected chi connectivity index (χ1v) is 11.4. The number of esters is 2. The van der Waals surface area contributed by atoms with Crippen LogP contribution in [0, 0.1) is 28.6 Å². The van der Waals surface area contributed by atoms with Crippen LogP contribution in [0.25, 0.3) is 0 Å². The summed E-state index contributed by atoms with van der Waals surface area (Å²) in [7, 11) is 1.45. The minimum atomic E-state index is -0.424. The molecule has 0 amide bonds. The number of methoxy groups -OCH3 is 1. The monoisotopic (exact) mass is 414 g/mol. The van der Waals surface area contributed by atoms with Crippen molar-refractivity contribution in [1.82, 2.24) is 0 Å². The number of fused-ring (bicyclic) bond motifs is 4. The van der Waals surface area contributed by atoms with Crippen LogP contribution in [0.5, 0.6) is 0 Å². The fourth-order valence-electron chi connectivity index (χ4n) is 8.69. The summed E-state index contributed by atoms with van der Waals surface area (Å²) in [5.41, 5.74) is -0.175. The second kappa shape index (κ2) is 5.56. The summed E-state index contributed by atoms with van der Waals surface area (Å²) < 4.78 is 17.9. The summed E-state index contributed by atoms with van der Waals surface area (Å²) in [6.07, 6.45) is 7.61. The van der Waals surface area contributed by atoms with Crippen LogP contribution in [0.4, 0.5) is 0 Å². The molecule has 6 rings (SSSR count). The zero-order valence-electron chi connectivity index (χ0n) is 18.0. The fourth-order valence-corrected chi connectivity index (χ4v) is 8.69. The molecule has 4 aliphatic carbocycles. The lowest BCUT2D eigenvalue weighted by Crippen LogP contribution is -2.63. The van der Waals surface area contributed by atoms with E-state index in [2.05, 4.69) is 13.8 Å². The van der Waals surface area contributed by atoms with Crippen molar-refractivity contribution in [2.75, 3.05) is 7.11 Å². The van der Waals surface area contributed by atoms with E-state index in [-0.39, 0.29) is 52.4 Å². The van der Waals surface area contributed by atoms with Gasteiger partial charge in [0, 0.05) is 29.6 Å². The number of rotatable bonds is 1. The average Bonchev–Trinajstić information content (AvgIpc) is 3.20. The van der Waals surface area contributed by atoms with Crippen molar-refractivity contribution in [3.8, 4) is 0 Å². The standard InChI is InChI=1S/C24H30O6/c1-21-7-4-14(25)10-13(21)11-15(20(27)28-3)19-16-5-8-23(9-6-18(26)30-23)22(16,2)12-17-24(19,21)29-17/h10,15-17,19H,4-9,11-12H2,1-3H3/t15-,16?,17-,19?,21?,22?,23-,24-/m1/s1. The Hall–Kier alpha value is -1.69. The highest BCUT2D eigenvalue weighted by Gasteiger charge is 2.83. The number of carbonyl (C=O) groups excluding carboxylic acids is 3. The number of hydrogen-bond acceptors (Lipinski definition) is 6. The molecule has 3 saturated carbocycles. The first kappa shape index (κ1) is 19.0. The van der Waals surface area contributed by atoms with Crippen molar-refractivity contribution in [3.63, 3.8) is 0 Å². The number of ether oxygens (including phenoxy) is 3. The van der Waals surface area contributed by atoms with Crippen LogP contribution in [0.1, 0.15) is 65.2 Å². The highest BCUT2D eigenvalue weighted by molar-refractivity contribution is 5.92. The van der Waals surface area contributed by atoms with E-state index in [0.29, 0.717) is 19.3 Å². The summed E-state index contributed by atoms with van der Waals surface area (Å²) in [5, 5.41) is 0. The third-order valence-electron chi connectivity index (χ3n) is 10.2. The fraction of sp³-hybridized carbons (Fsp3) is 0.792. The van der Waals surface area contributed by atoms with Gasteiger partial charge in [-0.15, -0.1) is 0 Å². The Morgan fingerprint density at radius 2 is 1.97 bits per heavy atom. The second-order valence-corrected chi connectivity index (χ2v) is 11.0. The van der Waals surface area contributed by atoms with Crippen molar-refractivity contribution in [3.05, 3.63) is 11.6 Å². The van der Waals surface area contributed by atoms with E-state index < -0.39 is 11.2 Å². The number of hydrogen-bond donors (Lipinski definition) is 0. The molecule has 162 valence electrons.